The Labute approximate surface area is 171 Å². The van der Waals surface area contributed by atoms with E-state index in [0.717, 1.165) is 29.2 Å². The molecule has 7 rings (SSSR count). The molecule has 0 N–H and O–H groups in total. The van der Waals surface area contributed by atoms with Crippen LogP contribution in [0.3, 0.4) is 0 Å². The third kappa shape index (κ3) is 2.14. The third-order valence-electron chi connectivity index (χ3n) is 7.64. The Morgan fingerprint density at radius 2 is 1.62 bits per heavy atom. The average molecular weight is 394 g/mol. The second kappa shape index (κ2) is 5.70. The van der Waals surface area contributed by atoms with Crippen molar-refractivity contribution in [3.8, 4) is 22.8 Å². The van der Waals surface area contributed by atoms with Crippen LogP contribution < -0.4 is 9.92 Å². The summed E-state index contributed by atoms with van der Waals surface area (Å²) in [4.78, 5) is 4.85. The molecule has 0 aliphatic carbocycles. The molecule has 3 aliphatic heterocycles. The molecule has 0 bridgehead atoms. The molecule has 1 saturated heterocycles. The zero-order valence-electron chi connectivity index (χ0n) is 16.5. The van der Waals surface area contributed by atoms with Gasteiger partial charge >= 0.3 is 0 Å². The minimum absolute atomic E-state index is 0.970. The minimum Gasteiger partial charge on any atom is -0.456 e. The first kappa shape index (κ1) is 16.2. The molecule has 0 amide bonds. The molecule has 4 heterocycles. The first-order valence-electron chi connectivity index (χ1n) is 11.0. The smallest absolute Gasteiger partial charge is 0.140 e. The summed E-state index contributed by atoms with van der Waals surface area (Å²) >= 11 is 0. The second-order valence-corrected chi connectivity index (χ2v) is 13.7. The van der Waals surface area contributed by atoms with Gasteiger partial charge in [-0.1, -0.05) is 72.9 Å². The van der Waals surface area contributed by atoms with Crippen LogP contribution in [0.2, 0.25) is 18.1 Å². The van der Waals surface area contributed by atoms with Crippen molar-refractivity contribution in [3.63, 3.8) is 0 Å². The van der Waals surface area contributed by atoms with E-state index in [2.05, 4.69) is 48.5 Å². The SMILES string of the molecule is c1ccc2cc3c(cc2c1)Oc1c2c(cc4ccnc-3c14)[Si]1(CCCC1)CCC2. The monoisotopic (exact) mass is 393 g/mol. The first-order valence-corrected chi connectivity index (χ1v) is 13.6. The molecule has 4 aromatic rings. The van der Waals surface area contributed by atoms with Crippen molar-refractivity contribution in [2.75, 3.05) is 0 Å². The highest BCUT2D eigenvalue weighted by molar-refractivity contribution is 6.93. The molecule has 0 atom stereocenters. The van der Waals surface area contributed by atoms with Gasteiger partial charge in [0.05, 0.1) is 19.2 Å². The van der Waals surface area contributed by atoms with Crippen LogP contribution in [0.25, 0.3) is 32.8 Å². The summed E-state index contributed by atoms with van der Waals surface area (Å²) in [6, 6.07) is 22.2. The zero-order chi connectivity index (χ0) is 19.0. The quantitative estimate of drug-likeness (QED) is 0.278. The van der Waals surface area contributed by atoms with E-state index in [9.17, 15) is 0 Å². The molecule has 3 aliphatic rings. The van der Waals surface area contributed by atoms with E-state index in [1.54, 1.807) is 5.19 Å². The summed E-state index contributed by atoms with van der Waals surface area (Å²) in [7, 11) is -1.33. The fourth-order valence-corrected chi connectivity index (χ4v) is 11.9. The van der Waals surface area contributed by atoms with Gasteiger partial charge in [-0.05, 0) is 46.3 Å². The van der Waals surface area contributed by atoms with E-state index in [1.807, 2.05) is 6.20 Å². The van der Waals surface area contributed by atoms with Crippen molar-refractivity contribution in [2.45, 2.75) is 43.8 Å². The van der Waals surface area contributed by atoms with Gasteiger partial charge < -0.3 is 4.74 Å². The number of nitrogens with zero attached hydrogens (tertiary/aromatic N) is 1. The Balaban J connectivity index is 1.56. The Morgan fingerprint density at radius 3 is 2.48 bits per heavy atom. The molecule has 0 unspecified atom stereocenters. The number of rotatable bonds is 0. The molecule has 2 nitrogen and oxygen atoms in total. The van der Waals surface area contributed by atoms with Crippen molar-refractivity contribution < 1.29 is 4.74 Å². The van der Waals surface area contributed by atoms with Crippen LogP contribution in [0.15, 0.2) is 54.7 Å². The van der Waals surface area contributed by atoms with E-state index in [-0.39, 0.29) is 0 Å². The Kier molecular flexibility index (Phi) is 3.18. The van der Waals surface area contributed by atoms with Gasteiger partial charge in [-0.2, -0.15) is 0 Å². The normalized spacial score (nSPS) is 18.6. The van der Waals surface area contributed by atoms with Gasteiger partial charge in [-0.25, -0.2) is 0 Å². The van der Waals surface area contributed by atoms with Gasteiger partial charge in [0.1, 0.15) is 11.5 Å². The second-order valence-electron chi connectivity index (χ2n) is 9.13. The van der Waals surface area contributed by atoms with Crippen molar-refractivity contribution in [1.82, 2.24) is 4.98 Å². The molecule has 29 heavy (non-hydrogen) atoms. The highest BCUT2D eigenvalue weighted by Gasteiger charge is 2.43. The van der Waals surface area contributed by atoms with Crippen LogP contribution >= 0.6 is 0 Å². The van der Waals surface area contributed by atoms with E-state index in [4.69, 9.17) is 9.72 Å². The zero-order valence-corrected chi connectivity index (χ0v) is 17.5. The molecule has 1 fully saturated rings. The van der Waals surface area contributed by atoms with Gasteiger partial charge in [0, 0.05) is 11.8 Å². The molecule has 0 saturated carbocycles. The van der Waals surface area contributed by atoms with Crippen molar-refractivity contribution in [3.05, 3.63) is 60.3 Å². The Morgan fingerprint density at radius 1 is 0.828 bits per heavy atom. The molecular weight excluding hydrogens is 370 g/mol. The van der Waals surface area contributed by atoms with E-state index in [0.29, 0.717) is 0 Å². The molecule has 3 aromatic carbocycles. The number of ether oxygens (including phenoxy) is 1. The maximum absolute atomic E-state index is 6.74. The van der Waals surface area contributed by atoms with Crippen LogP contribution in [0, 0.1) is 0 Å². The average Bonchev–Trinajstić information content (AvgIpc) is 3.22. The lowest BCUT2D eigenvalue weighted by Gasteiger charge is -2.36. The number of aromatic nitrogens is 1. The number of hydrogen-bond acceptors (Lipinski definition) is 2. The van der Waals surface area contributed by atoms with Crippen LogP contribution in [0.5, 0.6) is 11.5 Å². The van der Waals surface area contributed by atoms with Crippen molar-refractivity contribution in [2.24, 2.45) is 0 Å². The van der Waals surface area contributed by atoms with Gasteiger partial charge in [-0.3, -0.25) is 4.98 Å². The molecule has 3 heteroatoms. The lowest BCUT2D eigenvalue weighted by atomic mass is 9.94. The highest BCUT2D eigenvalue weighted by Crippen LogP contribution is 2.50. The minimum atomic E-state index is -1.33. The Bertz CT molecular complexity index is 1320. The molecular formula is C26H23NOSi. The topological polar surface area (TPSA) is 22.1 Å². The van der Waals surface area contributed by atoms with Crippen LogP contribution in [-0.4, -0.2) is 13.1 Å². The Hall–Kier alpha value is -2.65. The predicted molar refractivity (Wildman–Crippen MR) is 122 cm³/mol. The standard InChI is InChI=1S/C26H23NOSi/c1-2-7-18-15-22-21(14-17(18)6-1)25-24-19(9-10-27-25)16-23-20(26(24)28-22)8-5-13-29(23)11-3-4-12-29/h1-2,6-7,9-10,14-16H,3-5,8,11-13H2. The van der Waals surface area contributed by atoms with E-state index < -0.39 is 8.07 Å². The summed E-state index contributed by atoms with van der Waals surface area (Å²) in [6.45, 7) is 0. The van der Waals surface area contributed by atoms with Gasteiger partial charge in [-0.15, -0.1) is 0 Å². The summed E-state index contributed by atoms with van der Waals surface area (Å²) in [6.07, 6.45) is 7.34. The largest absolute Gasteiger partial charge is 0.456 e. The maximum Gasteiger partial charge on any atom is 0.140 e. The summed E-state index contributed by atoms with van der Waals surface area (Å²) in [5, 5.41) is 6.74. The highest BCUT2D eigenvalue weighted by atomic mass is 28.3. The molecule has 1 spiro atoms. The van der Waals surface area contributed by atoms with Gasteiger partial charge in [0.15, 0.2) is 0 Å². The summed E-state index contributed by atoms with van der Waals surface area (Å²) < 4.78 is 6.74. The summed E-state index contributed by atoms with van der Waals surface area (Å²) in [5.74, 6) is 2.10. The van der Waals surface area contributed by atoms with Crippen LogP contribution in [0.1, 0.15) is 24.8 Å². The number of pyridine rings is 1. The van der Waals surface area contributed by atoms with Gasteiger partial charge in [0.25, 0.3) is 0 Å². The predicted octanol–water partition coefficient (Wildman–Crippen LogP) is 6.56. The third-order valence-corrected chi connectivity index (χ3v) is 13.2. The lowest BCUT2D eigenvalue weighted by Crippen LogP contribution is -2.49. The van der Waals surface area contributed by atoms with Crippen molar-refractivity contribution >= 4 is 34.8 Å². The number of benzene rings is 3. The first-order chi connectivity index (χ1) is 14.3. The number of hydrogen-bond donors (Lipinski definition) is 0. The molecule has 142 valence electrons. The molecule has 0 radical (unpaired) electrons. The fraction of sp³-hybridized carbons (Fsp3) is 0.269. The van der Waals surface area contributed by atoms with E-state index >= 15 is 0 Å². The van der Waals surface area contributed by atoms with Gasteiger partial charge in [0.2, 0.25) is 0 Å². The number of fused-ring (bicyclic) bond motifs is 6. The fourth-order valence-electron chi connectivity index (χ4n) is 6.30. The molecule has 1 aromatic heterocycles. The van der Waals surface area contributed by atoms with Crippen LogP contribution in [0.4, 0.5) is 0 Å². The van der Waals surface area contributed by atoms with Crippen molar-refractivity contribution in [1.29, 1.82) is 0 Å². The summed E-state index contributed by atoms with van der Waals surface area (Å²) in [5.41, 5.74) is 3.75. The lowest BCUT2D eigenvalue weighted by molar-refractivity contribution is 0.480. The maximum atomic E-state index is 6.74. The van der Waals surface area contributed by atoms with E-state index in [1.165, 1.54) is 64.5 Å². The van der Waals surface area contributed by atoms with Crippen LogP contribution in [-0.2, 0) is 6.42 Å².